The quantitative estimate of drug-likeness (QED) is 0.0146. The molecule has 0 heterocycles. The molecule has 12 nitrogen and oxygen atoms in total. The van der Waals surface area contributed by atoms with E-state index in [2.05, 4.69) is 62.5 Å². The number of aliphatic hydroxyl groups excluding tert-OH is 5. The second-order valence-electron chi connectivity index (χ2n) is 19.8. The van der Waals surface area contributed by atoms with Crippen LogP contribution in [0.5, 0.6) is 0 Å². The molecule has 0 saturated heterocycles. The van der Waals surface area contributed by atoms with Crippen LogP contribution in [0.1, 0.15) is 245 Å². The molecule has 410 valence electrons. The Morgan fingerprint density at radius 1 is 0.471 bits per heavy atom. The number of hydrogen-bond donors (Lipinski definition) is 6. The highest BCUT2D eigenvalue weighted by Gasteiger charge is 2.51. The van der Waals surface area contributed by atoms with Crippen molar-refractivity contribution in [3.63, 3.8) is 0 Å². The summed E-state index contributed by atoms with van der Waals surface area (Å²) >= 11 is 0. The fraction of sp³-hybridized carbons (Fsp3) is 0.842. The lowest BCUT2D eigenvalue weighted by atomic mass is 9.85. The lowest BCUT2D eigenvalue weighted by Gasteiger charge is -2.41. The van der Waals surface area contributed by atoms with Crippen LogP contribution < -0.4 is 0 Å². The van der Waals surface area contributed by atoms with Crippen molar-refractivity contribution < 1.29 is 58.3 Å². The topological polar surface area (TPSA) is 192 Å². The van der Waals surface area contributed by atoms with E-state index in [0.29, 0.717) is 13.0 Å². The molecule has 1 aliphatic rings. The molecule has 0 radical (unpaired) electrons. The molecule has 0 aromatic carbocycles. The Bertz CT molecular complexity index is 1340. The summed E-state index contributed by atoms with van der Waals surface area (Å²) in [7, 11) is -5.03. The number of allylic oxidation sites excluding steroid dienone is 8. The molecule has 0 aliphatic heterocycles. The predicted molar refractivity (Wildman–Crippen MR) is 286 cm³/mol. The molecular formula is C57H105O12P. The van der Waals surface area contributed by atoms with Crippen LogP contribution in [-0.2, 0) is 27.9 Å². The Morgan fingerprint density at radius 2 is 0.843 bits per heavy atom. The summed E-state index contributed by atoms with van der Waals surface area (Å²) in [5, 5.41) is 50.4. The van der Waals surface area contributed by atoms with Gasteiger partial charge in [-0.05, 0) is 51.4 Å². The van der Waals surface area contributed by atoms with Gasteiger partial charge in [0.1, 0.15) is 42.7 Å². The summed E-state index contributed by atoms with van der Waals surface area (Å²) < 4.78 is 34.4. The van der Waals surface area contributed by atoms with Crippen LogP contribution in [0.3, 0.4) is 0 Å². The fourth-order valence-electron chi connectivity index (χ4n) is 8.76. The van der Waals surface area contributed by atoms with Gasteiger partial charge in [-0.2, -0.15) is 0 Å². The van der Waals surface area contributed by atoms with E-state index >= 15 is 0 Å². The number of unbranched alkanes of at least 4 members (excludes halogenated alkanes) is 29. The number of aliphatic hydroxyl groups is 5. The van der Waals surface area contributed by atoms with Crippen molar-refractivity contribution in [1.29, 1.82) is 0 Å². The largest absolute Gasteiger partial charge is 0.472 e. The first-order valence-corrected chi connectivity index (χ1v) is 30.0. The Morgan fingerprint density at radius 3 is 1.29 bits per heavy atom. The maximum absolute atomic E-state index is 12.9. The minimum Gasteiger partial charge on any atom is -0.457 e. The van der Waals surface area contributed by atoms with E-state index < -0.39 is 63.1 Å². The molecule has 70 heavy (non-hydrogen) atoms. The van der Waals surface area contributed by atoms with Crippen LogP contribution in [0.2, 0.25) is 0 Å². The van der Waals surface area contributed by atoms with Crippen LogP contribution in [0.4, 0.5) is 0 Å². The van der Waals surface area contributed by atoms with Crippen molar-refractivity contribution >= 4 is 13.8 Å². The van der Waals surface area contributed by atoms with Gasteiger partial charge in [0.25, 0.3) is 0 Å². The maximum Gasteiger partial charge on any atom is 0.472 e. The van der Waals surface area contributed by atoms with Crippen molar-refractivity contribution in [3.05, 3.63) is 48.6 Å². The number of hydrogen-bond acceptors (Lipinski definition) is 11. The van der Waals surface area contributed by atoms with E-state index in [4.69, 9.17) is 18.5 Å². The van der Waals surface area contributed by atoms with E-state index in [0.717, 1.165) is 77.0 Å². The Hall–Kier alpha value is -1.70. The molecule has 0 bridgehead atoms. The van der Waals surface area contributed by atoms with E-state index in [-0.39, 0.29) is 13.0 Å². The molecule has 6 atom stereocenters. The first-order chi connectivity index (χ1) is 34.0. The number of rotatable bonds is 49. The highest BCUT2D eigenvalue weighted by atomic mass is 31.2. The van der Waals surface area contributed by atoms with Gasteiger partial charge in [-0.3, -0.25) is 13.8 Å². The third kappa shape index (κ3) is 38.0. The summed E-state index contributed by atoms with van der Waals surface area (Å²) in [6, 6.07) is 0. The smallest absolute Gasteiger partial charge is 0.457 e. The van der Waals surface area contributed by atoms with Crippen molar-refractivity contribution in [1.82, 2.24) is 0 Å². The number of ether oxygens (including phenoxy) is 2. The zero-order chi connectivity index (χ0) is 51.2. The minimum atomic E-state index is -5.03. The zero-order valence-electron chi connectivity index (χ0n) is 44.3. The summed E-state index contributed by atoms with van der Waals surface area (Å²) in [6.45, 7) is 4.19. The molecule has 0 aromatic rings. The number of phosphoric ester groups is 1. The number of phosphoric acid groups is 1. The average Bonchev–Trinajstić information content (AvgIpc) is 3.35. The molecule has 0 aromatic heterocycles. The van der Waals surface area contributed by atoms with Gasteiger partial charge in [-0.1, -0.05) is 236 Å². The monoisotopic (exact) mass is 1010 g/mol. The first-order valence-electron chi connectivity index (χ1n) is 28.5. The van der Waals surface area contributed by atoms with Gasteiger partial charge in [-0.25, -0.2) is 4.57 Å². The van der Waals surface area contributed by atoms with Crippen molar-refractivity contribution in [2.45, 2.75) is 288 Å². The third-order valence-electron chi connectivity index (χ3n) is 13.2. The van der Waals surface area contributed by atoms with E-state index in [1.54, 1.807) is 0 Å². The van der Waals surface area contributed by atoms with Gasteiger partial charge in [0, 0.05) is 13.0 Å². The molecule has 1 rings (SSSR count). The first kappa shape index (κ1) is 66.3. The number of carbonyl (C=O) groups excluding carboxylic acids is 1. The normalized spacial score (nSPS) is 21.2. The molecule has 0 spiro atoms. The van der Waals surface area contributed by atoms with Crippen LogP contribution in [0, 0.1) is 0 Å². The van der Waals surface area contributed by atoms with Crippen molar-refractivity contribution in [3.8, 4) is 0 Å². The minimum absolute atomic E-state index is 0.0778. The second-order valence-corrected chi connectivity index (χ2v) is 21.2. The van der Waals surface area contributed by atoms with Crippen LogP contribution in [-0.4, -0.2) is 98.9 Å². The van der Waals surface area contributed by atoms with Crippen molar-refractivity contribution in [2.75, 3.05) is 19.8 Å². The van der Waals surface area contributed by atoms with Crippen molar-refractivity contribution in [2.24, 2.45) is 0 Å². The highest BCUT2D eigenvalue weighted by molar-refractivity contribution is 7.47. The molecule has 0 amide bonds. The Labute approximate surface area is 426 Å². The lowest BCUT2D eigenvalue weighted by molar-refractivity contribution is -0.220. The summed E-state index contributed by atoms with van der Waals surface area (Å²) in [4.78, 5) is 23.3. The SMILES string of the molecule is CC/C=C\C/C=C\C/C=C\C/C=C\CCCCCCCCCCC(=O)OC(COCCCCCCCCCCCCCCCCCCCCCCCC)COP(=O)(O)OC1C(O)C(O)C(O)C(O)C1O. The van der Waals surface area contributed by atoms with Crippen LogP contribution in [0.15, 0.2) is 48.6 Å². The lowest BCUT2D eigenvalue weighted by Crippen LogP contribution is -2.64. The van der Waals surface area contributed by atoms with Gasteiger partial charge in [-0.15, -0.1) is 0 Å². The van der Waals surface area contributed by atoms with E-state index in [9.17, 15) is 39.8 Å². The number of carbonyl (C=O) groups is 1. The Kier molecular flexibility index (Phi) is 44.6. The molecule has 1 aliphatic carbocycles. The second kappa shape index (κ2) is 47.0. The Balaban J connectivity index is 2.29. The molecule has 13 heteroatoms. The molecule has 6 unspecified atom stereocenters. The van der Waals surface area contributed by atoms with E-state index in [1.807, 2.05) is 0 Å². The molecular weight excluding hydrogens is 908 g/mol. The summed E-state index contributed by atoms with van der Waals surface area (Å²) in [6.07, 6.45) is 47.5. The van der Waals surface area contributed by atoms with Gasteiger partial charge in [0.05, 0.1) is 13.2 Å². The van der Waals surface area contributed by atoms with Crippen LogP contribution in [0.25, 0.3) is 0 Å². The van der Waals surface area contributed by atoms with Gasteiger partial charge < -0.3 is 39.9 Å². The predicted octanol–water partition coefficient (Wildman–Crippen LogP) is 13.5. The number of esters is 1. The molecule has 6 N–H and O–H groups in total. The standard InChI is InChI=1S/C57H105O12P/c1-3-5-7-9-11-13-15-17-19-21-23-25-27-29-31-33-35-37-39-41-43-45-47-66-48-50(49-67-70(64,65)69-57-55(62)53(60)52(59)54(61)56(57)63)68-51(58)46-44-42-40-38-36-34-32-30-28-26-24-22-20-18-16-14-12-10-8-6-4-2/h6,8,12,14,18,20,24,26,50,52-57,59-63H,3-5,7,9-11,13,15-17,19,21-23,25,27-49H2,1-2H3,(H,64,65)/b8-6-,14-12-,20-18-,26-24-. The maximum atomic E-state index is 12.9. The van der Waals surface area contributed by atoms with Gasteiger partial charge in [0.2, 0.25) is 0 Å². The van der Waals surface area contributed by atoms with Gasteiger partial charge in [0.15, 0.2) is 0 Å². The third-order valence-corrected chi connectivity index (χ3v) is 14.2. The van der Waals surface area contributed by atoms with Gasteiger partial charge >= 0.3 is 13.8 Å². The highest BCUT2D eigenvalue weighted by Crippen LogP contribution is 2.47. The zero-order valence-corrected chi connectivity index (χ0v) is 45.2. The van der Waals surface area contributed by atoms with E-state index in [1.165, 1.54) is 141 Å². The fourth-order valence-corrected chi connectivity index (χ4v) is 9.73. The molecule has 1 saturated carbocycles. The van der Waals surface area contributed by atoms with Crippen LogP contribution >= 0.6 is 7.82 Å². The summed E-state index contributed by atoms with van der Waals surface area (Å²) in [5.41, 5.74) is 0. The average molecular weight is 1010 g/mol. The molecule has 1 fully saturated rings. The summed E-state index contributed by atoms with van der Waals surface area (Å²) in [5.74, 6) is -0.482.